The topological polar surface area (TPSA) is 67.4 Å². The van der Waals surface area contributed by atoms with E-state index in [1.54, 1.807) is 0 Å². The van der Waals surface area contributed by atoms with Crippen molar-refractivity contribution in [3.8, 4) is 0 Å². The van der Waals surface area contributed by atoms with E-state index < -0.39 is 4.75 Å². The molecule has 2 aliphatic heterocycles. The number of rotatable bonds is 10. The number of nitrogens with one attached hydrogen (secondary N) is 2. The van der Waals surface area contributed by atoms with Crippen LogP contribution in [0.2, 0.25) is 0 Å². The molecule has 0 saturated carbocycles. The first kappa shape index (κ1) is 24.8. The molecular weight excluding hydrogens is 488 g/mol. The molecule has 2 aliphatic rings. The Morgan fingerprint density at radius 1 is 0.861 bits per heavy atom. The van der Waals surface area contributed by atoms with Gasteiger partial charge in [0, 0.05) is 17.4 Å². The fourth-order valence-corrected chi connectivity index (χ4v) is 7.61. The van der Waals surface area contributed by atoms with Crippen LogP contribution in [0.25, 0.3) is 0 Å². The van der Waals surface area contributed by atoms with Crippen LogP contribution < -0.4 is 10.6 Å². The monoisotopic (exact) mass is 518 g/mol. The van der Waals surface area contributed by atoms with Crippen LogP contribution >= 0.6 is 23.8 Å². The van der Waals surface area contributed by atoms with Crippen molar-refractivity contribution in [3.05, 3.63) is 108 Å². The summed E-state index contributed by atoms with van der Waals surface area (Å²) in [6.07, 6.45) is 3.05. The number of carbonyl (C=O) groups is 2. The second-order valence-corrected chi connectivity index (χ2v) is 11.4. The molecule has 0 aromatic heterocycles. The van der Waals surface area contributed by atoms with Crippen LogP contribution in [0.3, 0.4) is 0 Å². The number of amides is 2. The Labute approximate surface area is 221 Å². The number of hydrogen-bond acceptors (Lipinski definition) is 5. The number of urea groups is 1. The maximum atomic E-state index is 12.9. The Hall–Kier alpha value is -2.90. The summed E-state index contributed by atoms with van der Waals surface area (Å²) in [4.78, 5) is 24.5. The molecule has 0 radical (unpaired) electrons. The molecule has 0 aliphatic carbocycles. The van der Waals surface area contributed by atoms with Crippen molar-refractivity contribution in [2.45, 2.75) is 47.8 Å². The van der Waals surface area contributed by atoms with Gasteiger partial charge in [0.2, 0.25) is 0 Å². The van der Waals surface area contributed by atoms with Crippen LogP contribution in [0.5, 0.6) is 0 Å². The highest BCUT2D eigenvalue weighted by atomic mass is 32.2. The average Bonchev–Trinajstić information content (AvgIpc) is 3.48. The summed E-state index contributed by atoms with van der Waals surface area (Å²) >= 11 is 3.13. The molecule has 3 aromatic rings. The van der Waals surface area contributed by atoms with E-state index in [2.05, 4.69) is 47.0 Å². The number of benzene rings is 3. The van der Waals surface area contributed by atoms with E-state index in [-0.39, 0.29) is 24.1 Å². The minimum Gasteiger partial charge on any atom is -0.390 e. The summed E-state index contributed by atoms with van der Waals surface area (Å²) in [7, 11) is 0. The second kappa shape index (κ2) is 11.4. The molecule has 0 spiro atoms. The molecule has 186 valence electrons. The lowest BCUT2D eigenvalue weighted by Crippen LogP contribution is -2.36. The highest BCUT2D eigenvalue weighted by Gasteiger charge is 2.43. The number of hydrogen-bond donors (Lipinski definition) is 2. The maximum absolute atomic E-state index is 12.9. The van der Waals surface area contributed by atoms with Gasteiger partial charge in [-0.3, -0.25) is 4.79 Å². The molecule has 5 rings (SSSR count). The Morgan fingerprint density at radius 3 is 1.97 bits per heavy atom. The lowest BCUT2D eigenvalue weighted by molar-refractivity contribution is -0.133. The van der Waals surface area contributed by atoms with Gasteiger partial charge in [0.05, 0.1) is 24.1 Å². The molecule has 2 N–H and O–H groups in total. The van der Waals surface area contributed by atoms with E-state index in [4.69, 9.17) is 4.18 Å². The zero-order valence-corrected chi connectivity index (χ0v) is 21.6. The van der Waals surface area contributed by atoms with Crippen molar-refractivity contribution in [2.24, 2.45) is 0 Å². The first-order valence-corrected chi connectivity index (χ1v) is 14.2. The SMILES string of the molecule is O=C1N[C@@H]2[C@@H](CS[C@@H]2CCCCC(=O)OSC(c2ccccc2)(c2ccccc2)c2ccccc2)N1. The molecule has 2 heterocycles. The molecule has 3 atom stereocenters. The standard InChI is InChI=1S/C29H30N2O3S2/c32-26(19-11-10-18-25-27-24(20-35-25)30-28(33)31-27)34-36-29(21-12-4-1-5-13-21,22-14-6-2-7-15-22)23-16-8-3-9-17-23/h1-9,12-17,24-25,27H,10-11,18-20H2,(H2,30,31,33)/t24-,25-,27-/m1/s1. The Bertz CT molecular complexity index is 1060. The molecule has 3 aromatic carbocycles. The zero-order chi connectivity index (χ0) is 24.8. The van der Waals surface area contributed by atoms with Crippen molar-refractivity contribution < 1.29 is 13.8 Å². The van der Waals surface area contributed by atoms with Crippen molar-refractivity contribution in [3.63, 3.8) is 0 Å². The molecule has 2 saturated heterocycles. The summed E-state index contributed by atoms with van der Waals surface area (Å²) < 4.78 is 5.25. The number of carbonyl (C=O) groups excluding carboxylic acids is 2. The quantitative estimate of drug-likeness (QED) is 0.151. The number of thioether (sulfide) groups is 1. The Kier molecular flexibility index (Phi) is 7.87. The summed E-state index contributed by atoms with van der Waals surface area (Å²) in [6, 6.07) is 31.0. The molecule has 0 unspecified atom stereocenters. The summed E-state index contributed by atoms with van der Waals surface area (Å²) in [6.45, 7) is 0. The van der Waals surface area contributed by atoms with Gasteiger partial charge in [-0.1, -0.05) is 97.4 Å². The first-order chi connectivity index (χ1) is 17.7. The van der Waals surface area contributed by atoms with Crippen molar-refractivity contribution in [1.82, 2.24) is 10.6 Å². The lowest BCUT2D eigenvalue weighted by Gasteiger charge is -2.33. The summed E-state index contributed by atoms with van der Waals surface area (Å²) in [5.41, 5.74) is 3.17. The minimum atomic E-state index is -0.678. The van der Waals surface area contributed by atoms with Crippen LogP contribution in [-0.2, 0) is 13.7 Å². The van der Waals surface area contributed by atoms with E-state index in [1.807, 2.05) is 66.4 Å². The van der Waals surface area contributed by atoms with Crippen LogP contribution in [-0.4, -0.2) is 35.1 Å². The first-order valence-electron chi connectivity index (χ1n) is 12.4. The highest BCUT2D eigenvalue weighted by Crippen LogP contribution is 2.49. The van der Waals surface area contributed by atoms with E-state index in [1.165, 1.54) is 12.0 Å². The van der Waals surface area contributed by atoms with Crippen LogP contribution in [0.4, 0.5) is 4.79 Å². The molecule has 2 fully saturated rings. The van der Waals surface area contributed by atoms with Crippen LogP contribution in [0.1, 0.15) is 42.4 Å². The third-order valence-electron chi connectivity index (χ3n) is 6.86. The largest absolute Gasteiger partial charge is 0.390 e. The van der Waals surface area contributed by atoms with Crippen LogP contribution in [0.15, 0.2) is 91.0 Å². The molecule has 0 bridgehead atoms. The number of unbranched alkanes of at least 4 members (excludes halogenated alkanes) is 1. The zero-order valence-electron chi connectivity index (χ0n) is 20.0. The lowest BCUT2D eigenvalue weighted by atomic mass is 9.84. The van der Waals surface area contributed by atoms with E-state index in [0.717, 1.165) is 41.7 Å². The Morgan fingerprint density at radius 2 is 1.42 bits per heavy atom. The smallest absolute Gasteiger partial charge is 0.317 e. The van der Waals surface area contributed by atoms with Crippen molar-refractivity contribution in [1.29, 1.82) is 0 Å². The third-order valence-corrected chi connectivity index (χ3v) is 9.59. The van der Waals surface area contributed by atoms with Gasteiger partial charge in [0.1, 0.15) is 4.75 Å². The average molecular weight is 519 g/mol. The summed E-state index contributed by atoms with van der Waals surface area (Å²) in [5, 5.41) is 6.42. The molecule has 2 amide bonds. The van der Waals surface area contributed by atoms with Gasteiger partial charge < -0.3 is 14.8 Å². The van der Waals surface area contributed by atoms with Crippen molar-refractivity contribution >= 4 is 35.8 Å². The van der Waals surface area contributed by atoms with E-state index >= 15 is 0 Å². The molecule has 5 nitrogen and oxygen atoms in total. The van der Waals surface area contributed by atoms with Gasteiger partial charge in [0.25, 0.3) is 0 Å². The highest BCUT2D eigenvalue weighted by molar-refractivity contribution is 8.00. The maximum Gasteiger partial charge on any atom is 0.317 e. The fraction of sp³-hybridized carbons (Fsp3) is 0.310. The predicted octanol–water partition coefficient (Wildman–Crippen LogP) is 5.90. The minimum absolute atomic E-state index is 0.0605. The Balaban J connectivity index is 1.25. The van der Waals surface area contributed by atoms with Crippen LogP contribution in [0, 0.1) is 0 Å². The van der Waals surface area contributed by atoms with Crippen molar-refractivity contribution in [2.75, 3.05) is 5.75 Å². The van der Waals surface area contributed by atoms with Gasteiger partial charge in [-0.15, -0.1) is 0 Å². The van der Waals surface area contributed by atoms with Gasteiger partial charge in [-0.25, -0.2) is 4.79 Å². The molecular formula is C29H30N2O3S2. The molecule has 36 heavy (non-hydrogen) atoms. The van der Waals surface area contributed by atoms with Gasteiger partial charge in [0.15, 0.2) is 0 Å². The predicted molar refractivity (Wildman–Crippen MR) is 147 cm³/mol. The third kappa shape index (κ3) is 5.27. The van der Waals surface area contributed by atoms with E-state index in [9.17, 15) is 9.59 Å². The fourth-order valence-electron chi connectivity index (χ4n) is 5.07. The van der Waals surface area contributed by atoms with Gasteiger partial charge in [-0.05, 0) is 29.5 Å². The van der Waals surface area contributed by atoms with Gasteiger partial charge >= 0.3 is 12.0 Å². The second-order valence-electron chi connectivity index (χ2n) is 9.19. The molecule has 7 heteroatoms. The van der Waals surface area contributed by atoms with Gasteiger partial charge in [-0.2, -0.15) is 11.8 Å². The number of fused-ring (bicyclic) bond motifs is 1. The van der Waals surface area contributed by atoms with E-state index in [0.29, 0.717) is 11.7 Å². The summed E-state index contributed by atoms with van der Waals surface area (Å²) in [5.74, 6) is 0.743. The normalized spacial score (nSPS) is 20.9.